The van der Waals surface area contributed by atoms with Crippen LogP contribution in [0.15, 0.2) is 48.5 Å². The van der Waals surface area contributed by atoms with Gasteiger partial charge in [-0.05, 0) is 26.1 Å². The van der Waals surface area contributed by atoms with Gasteiger partial charge in [-0.15, -0.1) is 13.2 Å². The maximum Gasteiger partial charge on any atom is 0.573 e. The Labute approximate surface area is 158 Å². The van der Waals surface area contributed by atoms with Crippen molar-refractivity contribution in [2.45, 2.75) is 25.9 Å². The van der Waals surface area contributed by atoms with Crippen molar-refractivity contribution in [3.63, 3.8) is 0 Å². The van der Waals surface area contributed by atoms with Crippen molar-refractivity contribution in [2.75, 3.05) is 12.4 Å². The van der Waals surface area contributed by atoms with E-state index < -0.39 is 23.2 Å². The molecule has 0 bridgehead atoms. The fraction of sp³-hybridized carbons (Fsp3) is 0.278. The number of ether oxygens (including phenoxy) is 1. The van der Waals surface area contributed by atoms with Gasteiger partial charge in [0.2, 0.25) is 5.91 Å². The van der Waals surface area contributed by atoms with Crippen molar-refractivity contribution < 1.29 is 27.6 Å². The first-order valence-corrected chi connectivity index (χ1v) is 8.16. The third-order valence-corrected chi connectivity index (χ3v) is 4.02. The number of nitro groups is 1. The van der Waals surface area contributed by atoms with Gasteiger partial charge in [-0.25, -0.2) is 0 Å². The van der Waals surface area contributed by atoms with Crippen molar-refractivity contribution in [3.05, 3.63) is 64.2 Å². The zero-order valence-electron chi connectivity index (χ0n) is 15.1. The van der Waals surface area contributed by atoms with E-state index in [1.165, 1.54) is 48.2 Å². The molecule has 1 atom stereocenters. The van der Waals surface area contributed by atoms with E-state index in [2.05, 4.69) is 10.1 Å². The molecule has 0 aromatic heterocycles. The average molecular weight is 397 g/mol. The Morgan fingerprint density at radius 1 is 1.21 bits per heavy atom. The molecule has 0 fully saturated rings. The van der Waals surface area contributed by atoms with Crippen molar-refractivity contribution >= 4 is 17.3 Å². The van der Waals surface area contributed by atoms with Gasteiger partial charge in [0.05, 0.1) is 11.0 Å². The second-order valence-electron chi connectivity index (χ2n) is 6.01. The number of likely N-dealkylation sites (N-methyl/N-ethyl adjacent to an activating group) is 1. The number of alkyl halides is 3. The number of carbonyl (C=O) groups excluding carboxylic acids is 1. The van der Waals surface area contributed by atoms with E-state index in [4.69, 9.17) is 0 Å². The Hall–Kier alpha value is -3.14. The summed E-state index contributed by atoms with van der Waals surface area (Å²) in [4.78, 5) is 24.4. The summed E-state index contributed by atoms with van der Waals surface area (Å²) >= 11 is 0. The Bertz CT molecular complexity index is 858. The average Bonchev–Trinajstić information content (AvgIpc) is 2.61. The Morgan fingerprint density at radius 2 is 1.82 bits per heavy atom. The quantitative estimate of drug-likeness (QED) is 0.565. The molecular formula is C18H18F3N3O4. The predicted octanol–water partition coefficient (Wildman–Crippen LogP) is 3.95. The molecule has 2 rings (SSSR count). The molecule has 0 heterocycles. The number of hydrogen-bond donors (Lipinski definition) is 1. The second-order valence-corrected chi connectivity index (χ2v) is 6.01. The summed E-state index contributed by atoms with van der Waals surface area (Å²) in [6.07, 6.45) is -4.83. The molecule has 2 aromatic rings. The molecule has 10 heteroatoms. The van der Waals surface area contributed by atoms with E-state index in [9.17, 15) is 28.1 Å². The first-order chi connectivity index (χ1) is 13.1. The predicted molar refractivity (Wildman–Crippen MR) is 95.8 cm³/mol. The van der Waals surface area contributed by atoms with Crippen LogP contribution in [0.2, 0.25) is 0 Å². The van der Waals surface area contributed by atoms with E-state index in [-0.39, 0.29) is 29.2 Å². The summed E-state index contributed by atoms with van der Waals surface area (Å²) in [5.41, 5.74) is 0.0286. The minimum absolute atomic E-state index is 0.00226. The molecule has 1 unspecified atom stereocenters. The summed E-state index contributed by atoms with van der Waals surface area (Å²) in [6.45, 7) is 1.54. The van der Waals surface area contributed by atoms with Gasteiger partial charge in [0, 0.05) is 18.2 Å². The zero-order valence-corrected chi connectivity index (χ0v) is 15.1. The Balaban J connectivity index is 2.10. The van der Waals surface area contributed by atoms with Crippen LogP contribution in [0.5, 0.6) is 5.75 Å². The van der Waals surface area contributed by atoms with E-state index >= 15 is 0 Å². The van der Waals surface area contributed by atoms with Gasteiger partial charge in [-0.2, -0.15) is 0 Å². The first-order valence-electron chi connectivity index (χ1n) is 8.16. The van der Waals surface area contributed by atoms with Crippen molar-refractivity contribution in [1.29, 1.82) is 0 Å². The lowest BCUT2D eigenvalue weighted by Gasteiger charge is -2.25. The highest BCUT2D eigenvalue weighted by atomic mass is 19.4. The lowest BCUT2D eigenvalue weighted by atomic mass is 10.1. The van der Waals surface area contributed by atoms with Crippen LogP contribution < -0.4 is 10.1 Å². The number of rotatable bonds is 7. The summed E-state index contributed by atoms with van der Waals surface area (Å²) in [6, 6.07) is 10.5. The number of carbonyl (C=O) groups is 1. The van der Waals surface area contributed by atoms with Gasteiger partial charge in [-0.3, -0.25) is 19.8 Å². The molecule has 1 N–H and O–H groups in total. The molecule has 1 amide bonds. The van der Waals surface area contributed by atoms with E-state index in [1.807, 2.05) is 0 Å². The van der Waals surface area contributed by atoms with Crippen LogP contribution in [-0.4, -0.2) is 35.2 Å². The van der Waals surface area contributed by atoms with Crippen LogP contribution in [0.4, 0.5) is 24.5 Å². The second kappa shape index (κ2) is 8.70. The highest BCUT2D eigenvalue weighted by Gasteiger charge is 2.32. The number of nitro benzene ring substituents is 1. The largest absolute Gasteiger partial charge is 0.573 e. The number of hydrogen-bond acceptors (Lipinski definition) is 5. The number of benzene rings is 2. The maximum atomic E-state index is 12.5. The Morgan fingerprint density at radius 3 is 2.46 bits per heavy atom. The Kier molecular flexibility index (Phi) is 6.57. The van der Waals surface area contributed by atoms with E-state index in [1.54, 1.807) is 19.2 Å². The van der Waals surface area contributed by atoms with Crippen molar-refractivity contribution in [2.24, 2.45) is 0 Å². The summed E-state index contributed by atoms with van der Waals surface area (Å²) in [5, 5.41) is 13.5. The van der Waals surface area contributed by atoms with Gasteiger partial charge in [0.25, 0.3) is 5.69 Å². The molecule has 7 nitrogen and oxygen atoms in total. The molecule has 150 valence electrons. The van der Waals surface area contributed by atoms with E-state index in [0.717, 1.165) is 0 Å². The highest BCUT2D eigenvalue weighted by molar-refractivity contribution is 5.96. The fourth-order valence-corrected chi connectivity index (χ4v) is 2.44. The van der Waals surface area contributed by atoms with Gasteiger partial charge in [0.1, 0.15) is 11.4 Å². The molecule has 0 aliphatic carbocycles. The zero-order chi connectivity index (χ0) is 20.9. The lowest BCUT2D eigenvalue weighted by Crippen LogP contribution is -2.39. The van der Waals surface area contributed by atoms with Crippen LogP contribution in [-0.2, 0) is 11.3 Å². The monoisotopic (exact) mass is 397 g/mol. The molecule has 0 radical (unpaired) electrons. The fourth-order valence-electron chi connectivity index (χ4n) is 2.44. The van der Waals surface area contributed by atoms with Gasteiger partial charge in [0.15, 0.2) is 0 Å². The van der Waals surface area contributed by atoms with Crippen molar-refractivity contribution in [1.82, 2.24) is 4.90 Å². The molecular weight excluding hydrogens is 379 g/mol. The number of nitrogens with zero attached hydrogens (tertiary/aromatic N) is 2. The number of anilines is 1. The first kappa shape index (κ1) is 21.2. The molecule has 2 aromatic carbocycles. The molecule has 0 spiro atoms. The highest BCUT2D eigenvalue weighted by Crippen LogP contribution is 2.28. The standard InChI is InChI=1S/C18H18F3N3O4/c1-12(17(25)22-14-8-4-5-9-15(14)24(26)27)23(2)11-13-7-3-6-10-16(13)28-18(19,20)21/h3-10,12H,11H2,1-2H3,(H,22,25). The molecule has 0 saturated carbocycles. The summed E-state index contributed by atoms with van der Waals surface area (Å²) < 4.78 is 41.6. The number of nitrogens with one attached hydrogen (secondary N) is 1. The third-order valence-electron chi connectivity index (χ3n) is 4.02. The molecule has 0 aliphatic heterocycles. The SMILES string of the molecule is CC(C(=O)Nc1ccccc1[N+](=O)[O-])N(C)Cc1ccccc1OC(F)(F)F. The maximum absolute atomic E-state index is 12.5. The van der Waals surface area contributed by atoms with Crippen LogP contribution in [0.25, 0.3) is 0 Å². The summed E-state index contributed by atoms with van der Waals surface area (Å²) in [7, 11) is 1.55. The minimum Gasteiger partial charge on any atom is -0.405 e. The van der Waals surface area contributed by atoms with Crippen LogP contribution in [0.1, 0.15) is 12.5 Å². The molecule has 28 heavy (non-hydrogen) atoms. The topological polar surface area (TPSA) is 84.7 Å². The van der Waals surface area contributed by atoms with Crippen LogP contribution in [0.3, 0.4) is 0 Å². The minimum atomic E-state index is -4.83. The van der Waals surface area contributed by atoms with Gasteiger partial charge < -0.3 is 10.1 Å². The van der Waals surface area contributed by atoms with Gasteiger partial charge in [-0.1, -0.05) is 30.3 Å². The number of amides is 1. The summed E-state index contributed by atoms with van der Waals surface area (Å²) in [5.74, 6) is -0.890. The number of para-hydroxylation sites is 3. The van der Waals surface area contributed by atoms with E-state index in [0.29, 0.717) is 0 Å². The van der Waals surface area contributed by atoms with Crippen LogP contribution in [0, 0.1) is 10.1 Å². The van der Waals surface area contributed by atoms with Gasteiger partial charge >= 0.3 is 6.36 Å². The third kappa shape index (κ3) is 5.68. The van der Waals surface area contributed by atoms with Crippen molar-refractivity contribution in [3.8, 4) is 5.75 Å². The molecule has 0 aliphatic rings. The number of halogens is 3. The molecule has 0 saturated heterocycles. The van der Waals surface area contributed by atoms with Crippen LogP contribution >= 0.6 is 0 Å². The lowest BCUT2D eigenvalue weighted by molar-refractivity contribution is -0.383. The smallest absolute Gasteiger partial charge is 0.405 e. The normalized spacial score (nSPS) is 12.5.